The second kappa shape index (κ2) is 7.69. The van der Waals surface area contributed by atoms with Gasteiger partial charge in [0.2, 0.25) is 0 Å². The molecular formula is C14H16BrN3O2. The molecule has 0 saturated heterocycles. The van der Waals surface area contributed by atoms with Gasteiger partial charge in [-0.2, -0.15) is 0 Å². The first-order valence-corrected chi connectivity index (χ1v) is 7.19. The first-order chi connectivity index (χ1) is 9.74. The van der Waals surface area contributed by atoms with Gasteiger partial charge in [0.15, 0.2) is 0 Å². The minimum atomic E-state index is -0.192. The normalized spacial score (nSPS) is 10.2. The summed E-state index contributed by atoms with van der Waals surface area (Å²) in [5, 5.41) is 9.23. The number of carbonyl (C=O) groups is 1. The highest BCUT2D eigenvalue weighted by Crippen LogP contribution is 2.12. The molecule has 0 bridgehead atoms. The second-order valence-corrected chi connectivity index (χ2v) is 5.25. The van der Waals surface area contributed by atoms with Crippen molar-refractivity contribution in [1.29, 1.82) is 0 Å². The van der Waals surface area contributed by atoms with E-state index in [0.29, 0.717) is 18.8 Å². The summed E-state index contributed by atoms with van der Waals surface area (Å²) in [6.07, 6.45) is 3.31. The largest absolute Gasteiger partial charge is 0.364 e. The maximum atomic E-state index is 11.5. The van der Waals surface area contributed by atoms with Crippen molar-refractivity contribution in [2.45, 2.75) is 19.4 Å². The number of benzene rings is 1. The summed E-state index contributed by atoms with van der Waals surface area (Å²) in [7, 11) is 0. The van der Waals surface area contributed by atoms with Gasteiger partial charge in [-0.3, -0.25) is 0 Å². The molecule has 2 N–H and O–H groups in total. The molecule has 2 aromatic rings. The van der Waals surface area contributed by atoms with Crippen molar-refractivity contribution < 1.29 is 9.32 Å². The van der Waals surface area contributed by atoms with Crippen LogP contribution in [0, 0.1) is 0 Å². The van der Waals surface area contributed by atoms with E-state index in [-0.39, 0.29) is 6.03 Å². The molecule has 2 rings (SSSR count). The van der Waals surface area contributed by atoms with E-state index >= 15 is 0 Å². The van der Waals surface area contributed by atoms with Crippen LogP contribution >= 0.6 is 15.9 Å². The molecule has 1 heterocycles. The first-order valence-electron chi connectivity index (χ1n) is 6.39. The summed E-state index contributed by atoms with van der Waals surface area (Å²) in [5.41, 5.74) is 1.96. The van der Waals surface area contributed by atoms with E-state index in [2.05, 4.69) is 48.4 Å². The quantitative estimate of drug-likeness (QED) is 0.796. The molecular weight excluding hydrogens is 322 g/mol. The minimum absolute atomic E-state index is 0.192. The summed E-state index contributed by atoms with van der Waals surface area (Å²) in [5.74, 6) is 0. The lowest BCUT2D eigenvalue weighted by atomic mass is 10.1. The number of rotatable bonds is 6. The lowest BCUT2D eigenvalue weighted by Gasteiger charge is -2.06. The van der Waals surface area contributed by atoms with Gasteiger partial charge < -0.3 is 15.2 Å². The van der Waals surface area contributed by atoms with E-state index in [1.807, 2.05) is 12.1 Å². The van der Waals surface area contributed by atoms with Crippen molar-refractivity contribution in [2.75, 3.05) is 6.54 Å². The highest BCUT2D eigenvalue weighted by atomic mass is 79.9. The van der Waals surface area contributed by atoms with Crippen molar-refractivity contribution >= 4 is 22.0 Å². The molecule has 20 heavy (non-hydrogen) atoms. The number of aryl methyl sites for hydroxylation is 1. The van der Waals surface area contributed by atoms with Crippen molar-refractivity contribution in [1.82, 2.24) is 15.8 Å². The molecule has 1 aromatic heterocycles. The fourth-order valence-corrected chi connectivity index (χ4v) is 2.20. The van der Waals surface area contributed by atoms with Crippen molar-refractivity contribution in [3.8, 4) is 0 Å². The molecule has 6 heteroatoms. The van der Waals surface area contributed by atoms with Crippen LogP contribution in [-0.4, -0.2) is 17.7 Å². The molecule has 0 spiro atoms. The number of nitrogens with zero attached hydrogens (tertiary/aromatic N) is 1. The Morgan fingerprint density at radius 3 is 2.95 bits per heavy atom. The van der Waals surface area contributed by atoms with Crippen LogP contribution in [0.1, 0.15) is 17.7 Å². The standard InChI is InChI=1S/C14H16BrN3O2/c15-12-5-1-3-11(9-12)4-2-7-16-14(19)17-10-13-6-8-20-18-13/h1,3,5-6,8-9H,2,4,7,10H2,(H2,16,17,19). The molecule has 2 amide bonds. The zero-order chi connectivity index (χ0) is 14.2. The van der Waals surface area contributed by atoms with Crippen LogP contribution in [0.25, 0.3) is 0 Å². The molecule has 0 aliphatic heterocycles. The number of aromatic nitrogens is 1. The zero-order valence-corrected chi connectivity index (χ0v) is 12.5. The van der Waals surface area contributed by atoms with E-state index in [4.69, 9.17) is 0 Å². The monoisotopic (exact) mass is 337 g/mol. The first kappa shape index (κ1) is 14.6. The predicted octanol–water partition coefficient (Wildman–Crippen LogP) is 2.87. The van der Waals surface area contributed by atoms with Crippen LogP contribution in [0.3, 0.4) is 0 Å². The summed E-state index contributed by atoms with van der Waals surface area (Å²) in [6, 6.07) is 9.70. The van der Waals surface area contributed by atoms with Crippen LogP contribution < -0.4 is 10.6 Å². The van der Waals surface area contributed by atoms with Gasteiger partial charge in [0.1, 0.15) is 12.0 Å². The van der Waals surface area contributed by atoms with Crippen LogP contribution in [0.2, 0.25) is 0 Å². The fourth-order valence-electron chi connectivity index (χ4n) is 1.75. The SMILES string of the molecule is O=C(NCCCc1cccc(Br)c1)NCc1ccon1. The molecule has 0 radical (unpaired) electrons. The Hall–Kier alpha value is -1.82. The molecule has 1 aromatic carbocycles. The number of amides is 2. The third-order valence-corrected chi connectivity index (χ3v) is 3.23. The fraction of sp³-hybridized carbons (Fsp3) is 0.286. The van der Waals surface area contributed by atoms with Crippen molar-refractivity contribution in [3.63, 3.8) is 0 Å². The van der Waals surface area contributed by atoms with Gasteiger partial charge in [-0.05, 0) is 30.5 Å². The highest BCUT2D eigenvalue weighted by Gasteiger charge is 2.01. The molecule has 0 aliphatic carbocycles. The number of nitrogens with one attached hydrogen (secondary N) is 2. The second-order valence-electron chi connectivity index (χ2n) is 4.33. The number of hydrogen-bond donors (Lipinski definition) is 2. The predicted molar refractivity (Wildman–Crippen MR) is 79.2 cm³/mol. The van der Waals surface area contributed by atoms with Gasteiger partial charge in [0, 0.05) is 17.1 Å². The molecule has 0 fully saturated rings. The molecule has 106 valence electrons. The van der Waals surface area contributed by atoms with Crippen LogP contribution in [0.5, 0.6) is 0 Å². The smallest absolute Gasteiger partial charge is 0.315 e. The van der Waals surface area contributed by atoms with Gasteiger partial charge in [-0.1, -0.05) is 33.2 Å². The lowest BCUT2D eigenvalue weighted by Crippen LogP contribution is -2.35. The average Bonchev–Trinajstić information content (AvgIpc) is 2.95. The topological polar surface area (TPSA) is 67.2 Å². The minimum Gasteiger partial charge on any atom is -0.364 e. The van der Waals surface area contributed by atoms with Crippen LogP contribution in [-0.2, 0) is 13.0 Å². The Morgan fingerprint density at radius 1 is 1.30 bits per heavy atom. The third kappa shape index (κ3) is 5.05. The maximum absolute atomic E-state index is 11.5. The highest BCUT2D eigenvalue weighted by molar-refractivity contribution is 9.10. The number of halogens is 1. The van der Waals surface area contributed by atoms with Crippen molar-refractivity contribution in [2.24, 2.45) is 0 Å². The lowest BCUT2D eigenvalue weighted by molar-refractivity contribution is 0.240. The molecule has 0 unspecified atom stereocenters. The molecule has 0 aliphatic rings. The summed E-state index contributed by atoms with van der Waals surface area (Å²) in [4.78, 5) is 11.5. The third-order valence-electron chi connectivity index (χ3n) is 2.74. The molecule has 5 nitrogen and oxygen atoms in total. The zero-order valence-electron chi connectivity index (χ0n) is 10.9. The summed E-state index contributed by atoms with van der Waals surface area (Å²) in [6.45, 7) is 1.01. The van der Waals surface area contributed by atoms with Gasteiger partial charge in [0.05, 0.1) is 6.54 Å². The number of hydrogen-bond acceptors (Lipinski definition) is 3. The van der Waals surface area contributed by atoms with Gasteiger partial charge in [-0.25, -0.2) is 4.79 Å². The van der Waals surface area contributed by atoms with Gasteiger partial charge in [0.25, 0.3) is 0 Å². The molecule has 0 atom stereocenters. The van der Waals surface area contributed by atoms with E-state index in [0.717, 1.165) is 17.3 Å². The summed E-state index contributed by atoms with van der Waals surface area (Å²) >= 11 is 3.44. The van der Waals surface area contributed by atoms with Gasteiger partial charge >= 0.3 is 6.03 Å². The maximum Gasteiger partial charge on any atom is 0.315 e. The Balaban J connectivity index is 1.59. The van der Waals surface area contributed by atoms with E-state index < -0.39 is 0 Å². The van der Waals surface area contributed by atoms with Crippen LogP contribution in [0.4, 0.5) is 4.79 Å². The number of carbonyl (C=O) groups excluding carboxylic acids is 1. The van der Waals surface area contributed by atoms with E-state index in [9.17, 15) is 4.79 Å². The van der Waals surface area contributed by atoms with Crippen molar-refractivity contribution in [3.05, 3.63) is 52.3 Å². The Kier molecular flexibility index (Phi) is 5.61. The van der Waals surface area contributed by atoms with Crippen LogP contribution in [0.15, 0.2) is 45.6 Å². The Labute approximate surface area is 125 Å². The van der Waals surface area contributed by atoms with Gasteiger partial charge in [-0.15, -0.1) is 0 Å². The average molecular weight is 338 g/mol. The van der Waals surface area contributed by atoms with E-state index in [1.54, 1.807) is 6.07 Å². The van der Waals surface area contributed by atoms with E-state index in [1.165, 1.54) is 11.8 Å². The molecule has 0 saturated carbocycles. The Morgan fingerprint density at radius 2 is 2.20 bits per heavy atom. The number of urea groups is 1. The summed E-state index contributed by atoms with van der Waals surface area (Å²) < 4.78 is 5.76. The Bertz CT molecular complexity index is 543.